The number of benzene rings is 2. The van der Waals surface area contributed by atoms with Gasteiger partial charge in [0, 0.05) is 28.0 Å². The molecule has 1 heterocycles. The van der Waals surface area contributed by atoms with Gasteiger partial charge in [0.15, 0.2) is 16.7 Å². The van der Waals surface area contributed by atoms with E-state index in [-0.39, 0.29) is 17.3 Å². The van der Waals surface area contributed by atoms with E-state index in [9.17, 15) is 9.59 Å². The smallest absolute Gasteiger partial charge is 0.189 e. The van der Waals surface area contributed by atoms with Gasteiger partial charge in [-0.05, 0) is 49.4 Å². The Morgan fingerprint density at radius 3 is 2.59 bits per heavy atom. The quantitative estimate of drug-likeness (QED) is 0.341. The predicted octanol–water partition coefficient (Wildman–Crippen LogP) is 5.05. The lowest BCUT2D eigenvalue weighted by Crippen LogP contribution is -2.03. The standard InChI is InChI=1S/C20H16ClN3O2S/c1-13(25)15-3-2-4-17(11-15)23-19-9-10-22-20(24-19)27-12-18(26)14-5-7-16(21)8-6-14/h2-11H,12H2,1H3,(H,22,23,24). The molecule has 136 valence electrons. The summed E-state index contributed by atoms with van der Waals surface area (Å²) in [5.74, 6) is 0.795. The van der Waals surface area contributed by atoms with Crippen LogP contribution in [-0.4, -0.2) is 27.3 Å². The number of carbonyl (C=O) groups excluding carboxylic acids is 2. The Balaban J connectivity index is 1.65. The number of hydrogen-bond acceptors (Lipinski definition) is 6. The average Bonchev–Trinajstić information content (AvgIpc) is 2.67. The summed E-state index contributed by atoms with van der Waals surface area (Å²) >= 11 is 7.10. The number of carbonyl (C=O) groups is 2. The maximum absolute atomic E-state index is 12.2. The maximum Gasteiger partial charge on any atom is 0.189 e. The molecular weight excluding hydrogens is 382 g/mol. The first-order chi connectivity index (χ1) is 13.0. The van der Waals surface area contributed by atoms with Crippen molar-refractivity contribution in [2.24, 2.45) is 0 Å². The Hall–Kier alpha value is -2.70. The van der Waals surface area contributed by atoms with Crippen molar-refractivity contribution in [1.29, 1.82) is 0 Å². The molecule has 0 saturated heterocycles. The van der Waals surface area contributed by atoms with Gasteiger partial charge in [-0.25, -0.2) is 9.97 Å². The number of halogens is 1. The summed E-state index contributed by atoms with van der Waals surface area (Å²) in [6.07, 6.45) is 1.62. The summed E-state index contributed by atoms with van der Waals surface area (Å²) in [5, 5.41) is 4.23. The van der Waals surface area contributed by atoms with Crippen molar-refractivity contribution in [3.8, 4) is 0 Å². The highest BCUT2D eigenvalue weighted by Crippen LogP contribution is 2.20. The van der Waals surface area contributed by atoms with E-state index in [2.05, 4.69) is 15.3 Å². The van der Waals surface area contributed by atoms with Crippen LogP contribution in [0, 0.1) is 0 Å². The van der Waals surface area contributed by atoms with Crippen LogP contribution >= 0.6 is 23.4 Å². The van der Waals surface area contributed by atoms with Crippen LogP contribution in [0.2, 0.25) is 5.02 Å². The second-order valence-electron chi connectivity index (χ2n) is 5.71. The molecule has 0 fully saturated rings. The molecule has 1 aromatic heterocycles. The lowest BCUT2D eigenvalue weighted by molar-refractivity contribution is 0.101. The minimum Gasteiger partial charge on any atom is -0.340 e. The molecule has 27 heavy (non-hydrogen) atoms. The zero-order valence-corrected chi connectivity index (χ0v) is 16.1. The molecule has 3 rings (SSSR count). The third-order valence-electron chi connectivity index (χ3n) is 3.67. The van der Waals surface area contributed by atoms with E-state index in [0.29, 0.717) is 27.1 Å². The van der Waals surface area contributed by atoms with Crippen molar-refractivity contribution >= 4 is 46.4 Å². The Morgan fingerprint density at radius 2 is 1.85 bits per heavy atom. The van der Waals surface area contributed by atoms with Gasteiger partial charge in [-0.15, -0.1) is 0 Å². The van der Waals surface area contributed by atoms with Crippen molar-refractivity contribution in [2.45, 2.75) is 12.1 Å². The molecule has 0 aliphatic rings. The van der Waals surface area contributed by atoms with Crippen molar-refractivity contribution < 1.29 is 9.59 Å². The van der Waals surface area contributed by atoms with Crippen LogP contribution in [0.5, 0.6) is 0 Å². The van der Waals surface area contributed by atoms with Gasteiger partial charge in [-0.1, -0.05) is 35.5 Å². The van der Waals surface area contributed by atoms with Crippen LogP contribution < -0.4 is 5.32 Å². The minimum atomic E-state index is -0.0206. The second kappa shape index (κ2) is 8.79. The largest absolute Gasteiger partial charge is 0.340 e. The summed E-state index contributed by atoms with van der Waals surface area (Å²) in [7, 11) is 0. The van der Waals surface area contributed by atoms with E-state index in [1.165, 1.54) is 18.7 Å². The summed E-state index contributed by atoms with van der Waals surface area (Å²) in [6, 6.07) is 15.7. The fourth-order valence-corrected chi connectivity index (χ4v) is 3.14. The van der Waals surface area contributed by atoms with Crippen molar-refractivity contribution in [3.05, 3.63) is 76.9 Å². The Morgan fingerprint density at radius 1 is 1.07 bits per heavy atom. The highest BCUT2D eigenvalue weighted by molar-refractivity contribution is 7.99. The molecule has 0 spiro atoms. The molecule has 0 unspecified atom stereocenters. The number of ketones is 2. The normalized spacial score (nSPS) is 10.4. The van der Waals surface area contributed by atoms with E-state index >= 15 is 0 Å². The van der Waals surface area contributed by atoms with Gasteiger partial charge in [-0.2, -0.15) is 0 Å². The average molecular weight is 398 g/mol. The fourth-order valence-electron chi connectivity index (χ4n) is 2.29. The molecule has 0 aliphatic heterocycles. The first-order valence-electron chi connectivity index (χ1n) is 8.14. The maximum atomic E-state index is 12.2. The van der Waals surface area contributed by atoms with Gasteiger partial charge in [0.05, 0.1) is 5.75 Å². The van der Waals surface area contributed by atoms with E-state index in [0.717, 1.165) is 5.69 Å². The minimum absolute atomic E-state index is 0.00158. The van der Waals surface area contributed by atoms with Gasteiger partial charge in [0.25, 0.3) is 0 Å². The Bertz CT molecular complexity index is 977. The SMILES string of the molecule is CC(=O)c1cccc(Nc2ccnc(SCC(=O)c3ccc(Cl)cc3)n2)c1. The molecule has 2 aromatic carbocycles. The van der Waals surface area contributed by atoms with Gasteiger partial charge in [0.1, 0.15) is 5.82 Å². The molecule has 0 saturated carbocycles. The molecule has 7 heteroatoms. The number of anilines is 2. The molecule has 3 aromatic rings. The van der Waals surface area contributed by atoms with E-state index < -0.39 is 0 Å². The van der Waals surface area contributed by atoms with E-state index in [1.54, 1.807) is 54.7 Å². The van der Waals surface area contributed by atoms with Gasteiger partial charge >= 0.3 is 0 Å². The monoisotopic (exact) mass is 397 g/mol. The van der Waals surface area contributed by atoms with Crippen LogP contribution in [0.15, 0.2) is 66.0 Å². The molecule has 0 radical (unpaired) electrons. The van der Waals surface area contributed by atoms with Crippen LogP contribution in [0.4, 0.5) is 11.5 Å². The molecule has 0 atom stereocenters. The fraction of sp³-hybridized carbons (Fsp3) is 0.100. The zero-order valence-electron chi connectivity index (χ0n) is 14.5. The third-order valence-corrected chi connectivity index (χ3v) is 4.79. The van der Waals surface area contributed by atoms with Crippen molar-refractivity contribution in [3.63, 3.8) is 0 Å². The summed E-state index contributed by atoms with van der Waals surface area (Å²) < 4.78 is 0. The Labute approximate surface area is 166 Å². The van der Waals surface area contributed by atoms with Crippen molar-refractivity contribution in [1.82, 2.24) is 9.97 Å². The number of Topliss-reactive ketones (excluding diaryl/α,β-unsaturated/α-hetero) is 2. The van der Waals surface area contributed by atoms with E-state index in [4.69, 9.17) is 11.6 Å². The summed E-state index contributed by atoms with van der Waals surface area (Å²) in [6.45, 7) is 1.52. The van der Waals surface area contributed by atoms with Crippen molar-refractivity contribution in [2.75, 3.05) is 11.1 Å². The first kappa shape index (κ1) is 19.1. The number of rotatable bonds is 7. The third kappa shape index (κ3) is 5.39. The van der Waals surface area contributed by atoms with Crippen LogP contribution in [0.25, 0.3) is 0 Å². The van der Waals surface area contributed by atoms with E-state index in [1.807, 2.05) is 6.07 Å². The number of nitrogens with zero attached hydrogens (tertiary/aromatic N) is 2. The highest BCUT2D eigenvalue weighted by atomic mass is 35.5. The topological polar surface area (TPSA) is 72.0 Å². The predicted molar refractivity (Wildman–Crippen MR) is 108 cm³/mol. The molecule has 0 amide bonds. The first-order valence-corrected chi connectivity index (χ1v) is 9.50. The van der Waals surface area contributed by atoms with Gasteiger partial charge in [0.2, 0.25) is 0 Å². The molecular formula is C20H16ClN3O2S. The summed E-state index contributed by atoms with van der Waals surface area (Å²) in [5.41, 5.74) is 1.98. The number of hydrogen-bond donors (Lipinski definition) is 1. The second-order valence-corrected chi connectivity index (χ2v) is 7.08. The highest BCUT2D eigenvalue weighted by Gasteiger charge is 2.09. The number of thioether (sulfide) groups is 1. The zero-order chi connectivity index (χ0) is 19.2. The lowest BCUT2D eigenvalue weighted by Gasteiger charge is -2.08. The number of aromatic nitrogens is 2. The van der Waals surface area contributed by atoms with Crippen LogP contribution in [0.3, 0.4) is 0 Å². The van der Waals surface area contributed by atoms with Gasteiger partial charge in [-0.3, -0.25) is 9.59 Å². The Kier molecular flexibility index (Phi) is 6.21. The molecule has 1 N–H and O–H groups in total. The summed E-state index contributed by atoms with van der Waals surface area (Å²) in [4.78, 5) is 32.3. The molecule has 0 bridgehead atoms. The van der Waals surface area contributed by atoms with Crippen LogP contribution in [-0.2, 0) is 0 Å². The molecule has 5 nitrogen and oxygen atoms in total. The lowest BCUT2D eigenvalue weighted by atomic mass is 10.1. The molecule has 0 aliphatic carbocycles. The number of nitrogens with one attached hydrogen (secondary N) is 1. The van der Waals surface area contributed by atoms with Gasteiger partial charge < -0.3 is 5.32 Å². The van der Waals surface area contributed by atoms with Crippen LogP contribution in [0.1, 0.15) is 27.6 Å².